The smallest absolute Gasteiger partial charge is 0.292 e. The number of para-hydroxylation sites is 2. The Morgan fingerprint density at radius 3 is 2.39 bits per heavy atom. The number of methoxy groups -OCH3 is 1. The summed E-state index contributed by atoms with van der Waals surface area (Å²) < 4.78 is 18.6. The lowest BCUT2D eigenvalue weighted by Gasteiger charge is -2.36. The van der Waals surface area contributed by atoms with Gasteiger partial charge < -0.3 is 14.5 Å². The summed E-state index contributed by atoms with van der Waals surface area (Å²) >= 11 is 0. The number of quaternary nitrogens is 1. The maximum absolute atomic E-state index is 13.2. The number of nitrogens with zero attached hydrogens (tertiary/aromatic N) is 2. The van der Waals surface area contributed by atoms with Crippen molar-refractivity contribution >= 4 is 23.2 Å². The van der Waals surface area contributed by atoms with Gasteiger partial charge in [0.15, 0.2) is 6.04 Å². The second-order valence-electron chi connectivity index (χ2n) is 7.12. The number of halogens is 1. The fourth-order valence-electron chi connectivity index (χ4n) is 4.09. The van der Waals surface area contributed by atoms with Crippen molar-refractivity contribution in [2.24, 2.45) is 0 Å². The van der Waals surface area contributed by atoms with Crippen molar-refractivity contribution in [1.29, 1.82) is 0 Å². The minimum absolute atomic E-state index is 0.195. The Bertz CT molecular complexity index is 879. The zero-order valence-electron chi connectivity index (χ0n) is 15.7. The third-order valence-corrected chi connectivity index (χ3v) is 5.56. The lowest BCUT2D eigenvalue weighted by molar-refractivity contribution is -0.915. The summed E-state index contributed by atoms with van der Waals surface area (Å²) in [5.74, 6) is 0.0247. The van der Waals surface area contributed by atoms with E-state index in [-0.39, 0.29) is 24.3 Å². The number of carbonyl (C=O) groups excluding carboxylic acids is 2. The highest BCUT2D eigenvalue weighted by molar-refractivity contribution is 6.21. The fourth-order valence-corrected chi connectivity index (χ4v) is 4.09. The third kappa shape index (κ3) is 3.33. The molecular formula is C21H23FN3O3+. The number of ether oxygens (including phenoxy) is 1. The zero-order chi connectivity index (χ0) is 19.7. The van der Waals surface area contributed by atoms with Crippen molar-refractivity contribution < 1.29 is 23.6 Å². The van der Waals surface area contributed by atoms with Crippen molar-refractivity contribution in [2.45, 2.75) is 12.5 Å². The molecule has 2 fully saturated rings. The molecule has 7 heteroatoms. The monoisotopic (exact) mass is 384 g/mol. The molecule has 6 nitrogen and oxygen atoms in total. The average Bonchev–Trinajstić information content (AvgIpc) is 3.03. The molecule has 2 aromatic carbocycles. The minimum Gasteiger partial charge on any atom is -0.495 e. The van der Waals surface area contributed by atoms with Gasteiger partial charge in [-0.25, -0.2) is 9.29 Å². The van der Waals surface area contributed by atoms with Gasteiger partial charge >= 0.3 is 0 Å². The molecule has 2 aliphatic heterocycles. The summed E-state index contributed by atoms with van der Waals surface area (Å²) in [5.41, 5.74) is 1.48. The van der Waals surface area contributed by atoms with Gasteiger partial charge in [0, 0.05) is 0 Å². The highest BCUT2D eigenvalue weighted by Crippen LogP contribution is 2.27. The highest BCUT2D eigenvalue weighted by Gasteiger charge is 2.46. The molecule has 0 bridgehead atoms. The van der Waals surface area contributed by atoms with E-state index in [0.29, 0.717) is 5.69 Å². The molecule has 0 saturated carbocycles. The van der Waals surface area contributed by atoms with Crippen LogP contribution in [-0.2, 0) is 9.59 Å². The first kappa shape index (κ1) is 18.4. The van der Waals surface area contributed by atoms with Crippen LogP contribution < -0.4 is 19.4 Å². The quantitative estimate of drug-likeness (QED) is 0.795. The Kier molecular flexibility index (Phi) is 5.00. The molecule has 2 amide bonds. The highest BCUT2D eigenvalue weighted by atomic mass is 19.1. The number of carbonyl (C=O) groups is 2. The van der Waals surface area contributed by atoms with E-state index < -0.39 is 5.82 Å². The van der Waals surface area contributed by atoms with Crippen molar-refractivity contribution in [3.63, 3.8) is 0 Å². The number of piperazine rings is 1. The number of amides is 2. The number of nitrogens with one attached hydrogen (secondary N) is 1. The van der Waals surface area contributed by atoms with Crippen LogP contribution in [0.5, 0.6) is 5.75 Å². The fraction of sp³-hybridized carbons (Fsp3) is 0.333. The standard InChI is InChI=1S/C21H22FN3O3/c1-28-19-5-3-2-4-17(19)23-10-12-24(13-11-23)18-14-20(26)25(21(18)27)16-8-6-15(22)7-9-16/h2-9,18H,10-14H2,1H3/p+1/t18-/m1/s1. The molecule has 2 aromatic rings. The predicted octanol–water partition coefficient (Wildman–Crippen LogP) is 0.871. The number of rotatable bonds is 4. The van der Waals surface area contributed by atoms with Crippen LogP contribution in [0, 0.1) is 5.82 Å². The molecule has 0 aromatic heterocycles. The Hall–Kier alpha value is -2.93. The van der Waals surface area contributed by atoms with Gasteiger partial charge in [0.1, 0.15) is 11.6 Å². The Morgan fingerprint density at radius 1 is 1.04 bits per heavy atom. The van der Waals surface area contributed by atoms with Crippen LogP contribution in [0.25, 0.3) is 0 Å². The lowest BCUT2D eigenvalue weighted by atomic mass is 10.1. The van der Waals surface area contributed by atoms with Crippen molar-refractivity contribution in [3.8, 4) is 5.75 Å². The molecule has 0 aliphatic carbocycles. The predicted molar refractivity (Wildman–Crippen MR) is 103 cm³/mol. The van der Waals surface area contributed by atoms with Crippen molar-refractivity contribution in [2.75, 3.05) is 43.1 Å². The molecule has 28 heavy (non-hydrogen) atoms. The van der Waals surface area contributed by atoms with Gasteiger partial charge in [-0.2, -0.15) is 0 Å². The molecule has 2 heterocycles. The van der Waals surface area contributed by atoms with Crippen LogP contribution >= 0.6 is 0 Å². The largest absolute Gasteiger partial charge is 0.495 e. The van der Waals surface area contributed by atoms with Crippen LogP contribution in [0.1, 0.15) is 6.42 Å². The van der Waals surface area contributed by atoms with Crippen LogP contribution in [0.2, 0.25) is 0 Å². The van der Waals surface area contributed by atoms with Gasteiger partial charge in [-0.05, 0) is 36.4 Å². The summed E-state index contributed by atoms with van der Waals surface area (Å²) in [6, 6.07) is 13.0. The van der Waals surface area contributed by atoms with E-state index in [0.717, 1.165) is 42.5 Å². The number of hydrogen-bond donors (Lipinski definition) is 1. The van der Waals surface area contributed by atoms with Crippen LogP contribution in [0.4, 0.5) is 15.8 Å². The third-order valence-electron chi connectivity index (χ3n) is 5.56. The molecule has 0 unspecified atom stereocenters. The van der Waals surface area contributed by atoms with Crippen LogP contribution in [-0.4, -0.2) is 51.1 Å². The van der Waals surface area contributed by atoms with Gasteiger partial charge in [0.25, 0.3) is 5.91 Å². The molecule has 0 radical (unpaired) electrons. The molecule has 1 atom stereocenters. The number of hydrogen-bond acceptors (Lipinski definition) is 4. The summed E-state index contributed by atoms with van der Waals surface area (Å²) in [5, 5.41) is 0. The van der Waals surface area contributed by atoms with E-state index in [1.807, 2.05) is 24.3 Å². The summed E-state index contributed by atoms with van der Waals surface area (Å²) in [4.78, 5) is 29.9. The minimum atomic E-state index is -0.391. The lowest BCUT2D eigenvalue weighted by Crippen LogP contribution is -3.19. The van der Waals surface area contributed by atoms with Crippen molar-refractivity contribution in [3.05, 3.63) is 54.3 Å². The number of imide groups is 1. The number of benzene rings is 2. The maximum Gasteiger partial charge on any atom is 0.292 e. The normalized spacial score (nSPS) is 20.7. The first-order chi connectivity index (χ1) is 13.6. The molecular weight excluding hydrogens is 361 g/mol. The average molecular weight is 384 g/mol. The van der Waals surface area contributed by atoms with E-state index in [4.69, 9.17) is 4.74 Å². The first-order valence-corrected chi connectivity index (χ1v) is 9.43. The van der Waals surface area contributed by atoms with Crippen LogP contribution in [0.15, 0.2) is 48.5 Å². The second kappa shape index (κ2) is 7.59. The summed E-state index contributed by atoms with van der Waals surface area (Å²) in [6.45, 7) is 3.09. The Labute approximate surface area is 163 Å². The zero-order valence-corrected chi connectivity index (χ0v) is 15.7. The van der Waals surface area contributed by atoms with E-state index >= 15 is 0 Å². The summed E-state index contributed by atoms with van der Waals surface area (Å²) in [7, 11) is 1.66. The van der Waals surface area contributed by atoms with E-state index in [9.17, 15) is 14.0 Å². The molecule has 2 aliphatic rings. The number of anilines is 2. The van der Waals surface area contributed by atoms with Gasteiger partial charge in [0.05, 0.1) is 51.1 Å². The van der Waals surface area contributed by atoms with Gasteiger partial charge in [-0.3, -0.25) is 9.59 Å². The Balaban J connectivity index is 1.44. The molecule has 4 rings (SSSR count). The van der Waals surface area contributed by atoms with Gasteiger partial charge in [0.2, 0.25) is 5.91 Å². The molecule has 146 valence electrons. The van der Waals surface area contributed by atoms with Gasteiger partial charge in [-0.15, -0.1) is 0 Å². The molecule has 1 N–H and O–H groups in total. The van der Waals surface area contributed by atoms with Gasteiger partial charge in [-0.1, -0.05) is 12.1 Å². The maximum atomic E-state index is 13.2. The Morgan fingerprint density at radius 2 is 1.71 bits per heavy atom. The van der Waals surface area contributed by atoms with E-state index in [1.54, 1.807) is 7.11 Å². The summed E-state index contributed by atoms with van der Waals surface area (Å²) in [6.07, 6.45) is 0.195. The van der Waals surface area contributed by atoms with E-state index in [2.05, 4.69) is 4.90 Å². The van der Waals surface area contributed by atoms with Crippen LogP contribution in [0.3, 0.4) is 0 Å². The SMILES string of the molecule is COc1ccccc1N1CC[NH+]([C@@H]2CC(=O)N(c3ccc(F)cc3)C2=O)CC1. The second-order valence-corrected chi connectivity index (χ2v) is 7.12. The van der Waals surface area contributed by atoms with Crippen molar-refractivity contribution in [1.82, 2.24) is 0 Å². The topological polar surface area (TPSA) is 54.3 Å². The molecule has 0 spiro atoms. The van der Waals surface area contributed by atoms with E-state index in [1.165, 1.54) is 29.2 Å². The molecule has 2 saturated heterocycles. The first-order valence-electron chi connectivity index (χ1n) is 9.43.